The van der Waals surface area contributed by atoms with Crippen LogP contribution < -0.4 is 5.32 Å². The molecule has 0 aliphatic heterocycles. The molecule has 0 fully saturated rings. The molecule has 2 aromatic heterocycles. The maximum atomic E-state index is 12.0. The predicted molar refractivity (Wildman–Crippen MR) is 91.1 cm³/mol. The van der Waals surface area contributed by atoms with Crippen molar-refractivity contribution < 1.29 is 9.53 Å². The van der Waals surface area contributed by atoms with Crippen LogP contribution >= 0.6 is 0 Å². The Labute approximate surface area is 136 Å². The number of carbonyl (C=O) groups is 1. The van der Waals surface area contributed by atoms with E-state index < -0.39 is 0 Å². The molecule has 2 heterocycles. The molecule has 0 spiro atoms. The second kappa shape index (κ2) is 6.07. The minimum atomic E-state index is -0.346. The average molecular weight is 313 g/mol. The van der Waals surface area contributed by atoms with Crippen molar-refractivity contribution in [3.63, 3.8) is 0 Å². The Hall–Kier alpha value is -2.30. The summed E-state index contributed by atoms with van der Waals surface area (Å²) in [6.45, 7) is 5.83. The van der Waals surface area contributed by atoms with Crippen LogP contribution in [-0.4, -0.2) is 27.7 Å². The Morgan fingerprint density at radius 3 is 3.04 bits per heavy atom. The smallest absolute Gasteiger partial charge is 0.407 e. The van der Waals surface area contributed by atoms with Crippen LogP contribution in [0.25, 0.3) is 16.6 Å². The Morgan fingerprint density at radius 1 is 1.43 bits per heavy atom. The molecule has 2 N–H and O–H groups in total. The number of ether oxygens (including phenoxy) is 1. The van der Waals surface area contributed by atoms with Crippen LogP contribution in [-0.2, 0) is 4.74 Å². The molecule has 1 aliphatic rings. The second-order valence-corrected chi connectivity index (χ2v) is 7.02. The van der Waals surface area contributed by atoms with Gasteiger partial charge in [-0.15, -0.1) is 0 Å². The number of alkyl carbamates (subject to hydrolysis) is 1. The lowest BCUT2D eigenvalue weighted by atomic mass is 9.92. The van der Waals surface area contributed by atoms with Crippen LogP contribution in [0.2, 0.25) is 0 Å². The maximum absolute atomic E-state index is 12.0. The van der Waals surface area contributed by atoms with Crippen molar-refractivity contribution in [1.82, 2.24) is 15.3 Å². The van der Waals surface area contributed by atoms with Gasteiger partial charge in [-0.1, -0.05) is 6.08 Å². The van der Waals surface area contributed by atoms with Gasteiger partial charge in [0.25, 0.3) is 0 Å². The number of hydrogen-bond donors (Lipinski definition) is 2. The number of fused-ring (bicyclic) bond motifs is 1. The summed E-state index contributed by atoms with van der Waals surface area (Å²) < 4.78 is 5.59. The highest BCUT2D eigenvalue weighted by molar-refractivity contribution is 5.89. The number of allylic oxidation sites excluding steroid dienone is 1. The van der Waals surface area contributed by atoms with Crippen LogP contribution in [0.15, 0.2) is 30.6 Å². The predicted octanol–water partition coefficient (Wildman–Crippen LogP) is 4.02. The first-order valence-electron chi connectivity index (χ1n) is 8.03. The number of rotatable bonds is 2. The van der Waals surface area contributed by atoms with E-state index in [9.17, 15) is 4.79 Å². The number of amides is 1. The number of aromatic nitrogens is 2. The van der Waals surface area contributed by atoms with Crippen molar-refractivity contribution in [2.45, 2.75) is 51.7 Å². The van der Waals surface area contributed by atoms with Gasteiger partial charge in [0, 0.05) is 29.9 Å². The molecule has 5 nitrogen and oxygen atoms in total. The van der Waals surface area contributed by atoms with Gasteiger partial charge in [0.2, 0.25) is 0 Å². The average Bonchev–Trinajstić information content (AvgIpc) is 2.89. The van der Waals surface area contributed by atoms with Crippen LogP contribution in [0.5, 0.6) is 0 Å². The van der Waals surface area contributed by atoms with Crippen molar-refractivity contribution >= 4 is 22.7 Å². The molecule has 0 radical (unpaired) electrons. The lowest BCUT2D eigenvalue weighted by Crippen LogP contribution is -2.42. The fourth-order valence-electron chi connectivity index (χ4n) is 2.88. The number of H-pyrrole nitrogens is 1. The van der Waals surface area contributed by atoms with Gasteiger partial charge < -0.3 is 15.0 Å². The van der Waals surface area contributed by atoms with E-state index in [4.69, 9.17) is 4.74 Å². The Balaban J connectivity index is 1.71. The summed E-state index contributed by atoms with van der Waals surface area (Å²) in [5, 5.41) is 2.85. The van der Waals surface area contributed by atoms with E-state index in [0.717, 1.165) is 35.9 Å². The van der Waals surface area contributed by atoms with Crippen LogP contribution in [0.3, 0.4) is 0 Å². The lowest BCUT2D eigenvalue weighted by Gasteiger charge is -2.26. The molecule has 122 valence electrons. The fraction of sp³-hybridized carbons (Fsp3) is 0.444. The number of nitrogens with zero attached hydrogens (tertiary/aromatic N) is 1. The lowest BCUT2D eigenvalue weighted by molar-refractivity contribution is 0.0878. The quantitative estimate of drug-likeness (QED) is 0.880. The molecule has 5 heteroatoms. The van der Waals surface area contributed by atoms with Gasteiger partial charge in [-0.25, -0.2) is 4.79 Å². The second-order valence-electron chi connectivity index (χ2n) is 7.02. The summed E-state index contributed by atoms with van der Waals surface area (Å²) in [5.41, 5.74) is 4.00. The molecule has 1 atom stereocenters. The molecule has 3 rings (SSSR count). The van der Waals surface area contributed by atoms with E-state index in [1.165, 1.54) is 5.57 Å². The summed E-state index contributed by atoms with van der Waals surface area (Å²) >= 11 is 0. The molecule has 1 amide bonds. The molecular formula is C18H23N3O2. The highest BCUT2D eigenvalue weighted by Gasteiger charge is 2.23. The van der Waals surface area contributed by atoms with Crippen molar-refractivity contribution in [1.29, 1.82) is 0 Å². The van der Waals surface area contributed by atoms with Gasteiger partial charge in [0.1, 0.15) is 6.10 Å². The zero-order valence-corrected chi connectivity index (χ0v) is 13.8. The van der Waals surface area contributed by atoms with Gasteiger partial charge in [0.05, 0.1) is 11.0 Å². The molecule has 1 aliphatic carbocycles. The van der Waals surface area contributed by atoms with Crippen molar-refractivity contribution in [3.8, 4) is 0 Å². The minimum absolute atomic E-state index is 0.0917. The number of hydrogen-bond acceptors (Lipinski definition) is 3. The number of nitrogens with one attached hydrogen (secondary N) is 2. The zero-order chi connectivity index (χ0) is 16.4. The topological polar surface area (TPSA) is 67.0 Å². The third-order valence-electron chi connectivity index (χ3n) is 3.86. The van der Waals surface area contributed by atoms with E-state index >= 15 is 0 Å². The highest BCUT2D eigenvalue weighted by atomic mass is 16.6. The largest absolute Gasteiger partial charge is 0.446 e. The molecule has 0 aromatic carbocycles. The molecular weight excluding hydrogens is 290 g/mol. The van der Waals surface area contributed by atoms with E-state index in [-0.39, 0.29) is 17.7 Å². The van der Waals surface area contributed by atoms with Crippen LogP contribution in [0.1, 0.15) is 45.6 Å². The normalized spacial score (nSPS) is 18.6. The SMILES string of the molecule is CC(C)(C)NC(=O)OC1CCC=C(c2c[nH]c3cccnc23)C1. The Morgan fingerprint density at radius 2 is 2.26 bits per heavy atom. The van der Waals surface area contributed by atoms with Gasteiger partial charge in [-0.05, 0) is 51.3 Å². The third kappa shape index (κ3) is 3.73. The molecule has 2 aromatic rings. The molecule has 0 bridgehead atoms. The summed E-state index contributed by atoms with van der Waals surface area (Å²) in [6, 6.07) is 3.93. The molecule has 23 heavy (non-hydrogen) atoms. The number of pyridine rings is 1. The van der Waals surface area contributed by atoms with Crippen molar-refractivity contribution in [2.24, 2.45) is 0 Å². The van der Waals surface area contributed by atoms with E-state index in [2.05, 4.69) is 21.4 Å². The first-order valence-corrected chi connectivity index (χ1v) is 8.03. The van der Waals surface area contributed by atoms with Crippen LogP contribution in [0.4, 0.5) is 4.79 Å². The minimum Gasteiger partial charge on any atom is -0.446 e. The standard InChI is InChI=1S/C18H23N3O2/c1-18(2,3)21-17(22)23-13-7-4-6-12(10-13)14-11-20-15-8-5-9-19-16(14)15/h5-6,8-9,11,13,20H,4,7,10H2,1-3H3,(H,21,22). The van der Waals surface area contributed by atoms with E-state index in [0.29, 0.717) is 0 Å². The van der Waals surface area contributed by atoms with E-state index in [1.807, 2.05) is 39.1 Å². The maximum Gasteiger partial charge on any atom is 0.407 e. The number of carbonyl (C=O) groups excluding carboxylic acids is 1. The van der Waals surface area contributed by atoms with Crippen molar-refractivity contribution in [2.75, 3.05) is 0 Å². The van der Waals surface area contributed by atoms with Gasteiger partial charge in [-0.3, -0.25) is 4.98 Å². The molecule has 1 unspecified atom stereocenters. The summed E-state index contributed by atoms with van der Waals surface area (Å²) in [7, 11) is 0. The fourth-order valence-corrected chi connectivity index (χ4v) is 2.88. The van der Waals surface area contributed by atoms with Gasteiger partial charge >= 0.3 is 6.09 Å². The molecule has 0 saturated carbocycles. The number of aromatic amines is 1. The first kappa shape index (κ1) is 15.6. The van der Waals surface area contributed by atoms with Gasteiger partial charge in [-0.2, -0.15) is 0 Å². The van der Waals surface area contributed by atoms with E-state index in [1.54, 1.807) is 6.20 Å². The first-order chi connectivity index (χ1) is 10.9. The molecule has 0 saturated heterocycles. The summed E-state index contributed by atoms with van der Waals surface area (Å²) in [6.07, 6.45) is 8.06. The summed E-state index contributed by atoms with van der Waals surface area (Å²) in [5.74, 6) is 0. The monoisotopic (exact) mass is 313 g/mol. The Kier molecular flexibility index (Phi) is 4.11. The van der Waals surface area contributed by atoms with Gasteiger partial charge in [0.15, 0.2) is 0 Å². The van der Waals surface area contributed by atoms with Crippen LogP contribution in [0, 0.1) is 0 Å². The third-order valence-corrected chi connectivity index (χ3v) is 3.86. The van der Waals surface area contributed by atoms with Crippen molar-refractivity contribution in [3.05, 3.63) is 36.2 Å². The Bertz CT molecular complexity index is 740. The summed E-state index contributed by atoms with van der Waals surface area (Å²) in [4.78, 5) is 19.7. The highest BCUT2D eigenvalue weighted by Crippen LogP contribution is 2.32. The zero-order valence-electron chi connectivity index (χ0n) is 13.8.